The van der Waals surface area contributed by atoms with E-state index in [4.69, 9.17) is 4.74 Å². The highest BCUT2D eigenvalue weighted by Crippen LogP contribution is 2.27. The van der Waals surface area contributed by atoms with Gasteiger partial charge in [0.25, 0.3) is 0 Å². The molecule has 2 amide bonds. The first-order valence-electron chi connectivity index (χ1n) is 13.8. The number of piperidine rings is 2. The van der Waals surface area contributed by atoms with E-state index in [0.29, 0.717) is 38.2 Å². The number of amides is 2. The lowest BCUT2D eigenvalue weighted by Crippen LogP contribution is -2.49. The summed E-state index contributed by atoms with van der Waals surface area (Å²) in [7, 11) is -3.93. The van der Waals surface area contributed by atoms with Crippen molar-refractivity contribution in [1.82, 2.24) is 9.21 Å². The minimum absolute atomic E-state index is 0.0638. The van der Waals surface area contributed by atoms with E-state index < -0.39 is 10.0 Å². The van der Waals surface area contributed by atoms with E-state index in [0.717, 1.165) is 50.7 Å². The van der Waals surface area contributed by atoms with Gasteiger partial charge in [-0.2, -0.15) is 4.31 Å². The number of sulfonamides is 1. The zero-order chi connectivity index (χ0) is 26.5. The topological polar surface area (TPSA) is 87.2 Å². The van der Waals surface area contributed by atoms with E-state index in [9.17, 15) is 18.0 Å². The van der Waals surface area contributed by atoms with Gasteiger partial charge in [0.05, 0.1) is 18.0 Å². The summed E-state index contributed by atoms with van der Waals surface area (Å²) in [5.41, 5.74) is 1.90. The second-order valence-electron chi connectivity index (χ2n) is 10.5. The van der Waals surface area contributed by atoms with Crippen LogP contribution in [0.3, 0.4) is 0 Å². The van der Waals surface area contributed by atoms with Crippen molar-refractivity contribution in [2.75, 3.05) is 37.7 Å². The molecule has 5 rings (SSSR count). The molecular formula is C29H37N3O5S. The monoisotopic (exact) mass is 539 g/mol. The normalized spacial score (nSPS) is 22.4. The lowest BCUT2D eigenvalue weighted by atomic mass is 9.95. The minimum atomic E-state index is -3.93. The molecule has 0 aromatic heterocycles. The summed E-state index contributed by atoms with van der Waals surface area (Å²) in [5.74, 6) is 0.711. The summed E-state index contributed by atoms with van der Waals surface area (Å²) in [6.07, 6.45) is 7.44. The SMILES string of the molecule is O=C1CCCCN1c1ccc(S(=O)(=O)N2CCCOc3cccc(c3)CCC3CCCCN3C(=O)C2)cc1. The molecule has 204 valence electrons. The third-order valence-corrected chi connectivity index (χ3v) is 9.71. The second kappa shape index (κ2) is 11.9. The zero-order valence-corrected chi connectivity index (χ0v) is 22.7. The van der Waals surface area contributed by atoms with E-state index in [-0.39, 0.29) is 35.8 Å². The number of nitrogens with zero attached hydrogens (tertiary/aromatic N) is 3. The average Bonchev–Trinajstić information content (AvgIpc) is 2.94. The molecule has 3 aliphatic rings. The van der Waals surface area contributed by atoms with Gasteiger partial charge in [0.15, 0.2) is 0 Å². The fourth-order valence-electron chi connectivity index (χ4n) is 5.74. The van der Waals surface area contributed by atoms with Gasteiger partial charge >= 0.3 is 0 Å². The molecule has 0 aliphatic carbocycles. The molecule has 1 atom stereocenters. The molecule has 9 heteroatoms. The van der Waals surface area contributed by atoms with Crippen molar-refractivity contribution in [2.24, 2.45) is 0 Å². The molecule has 2 fully saturated rings. The number of hydrogen-bond acceptors (Lipinski definition) is 5. The maximum Gasteiger partial charge on any atom is 0.243 e. The van der Waals surface area contributed by atoms with Gasteiger partial charge in [-0.15, -0.1) is 0 Å². The van der Waals surface area contributed by atoms with Gasteiger partial charge in [-0.25, -0.2) is 8.42 Å². The summed E-state index contributed by atoms with van der Waals surface area (Å²) in [5, 5.41) is 0. The van der Waals surface area contributed by atoms with Crippen LogP contribution in [0, 0.1) is 0 Å². The lowest BCUT2D eigenvalue weighted by molar-refractivity contribution is -0.135. The van der Waals surface area contributed by atoms with Crippen LogP contribution < -0.4 is 9.64 Å². The highest BCUT2D eigenvalue weighted by Gasteiger charge is 2.32. The van der Waals surface area contributed by atoms with Crippen LogP contribution in [0.5, 0.6) is 5.75 Å². The van der Waals surface area contributed by atoms with Gasteiger partial charge in [-0.05, 0) is 93.3 Å². The van der Waals surface area contributed by atoms with Crippen LogP contribution in [-0.2, 0) is 26.0 Å². The number of rotatable bonds is 3. The maximum absolute atomic E-state index is 13.8. The van der Waals surface area contributed by atoms with Gasteiger partial charge in [0, 0.05) is 37.8 Å². The van der Waals surface area contributed by atoms with Crippen molar-refractivity contribution < 1.29 is 22.7 Å². The Kier molecular flexibility index (Phi) is 8.33. The number of aryl methyl sites for hydroxylation is 1. The van der Waals surface area contributed by atoms with Crippen molar-refractivity contribution in [3.05, 3.63) is 54.1 Å². The first-order chi connectivity index (χ1) is 18.4. The van der Waals surface area contributed by atoms with Crippen molar-refractivity contribution in [1.29, 1.82) is 0 Å². The Hall–Kier alpha value is -2.91. The van der Waals surface area contributed by atoms with Crippen LogP contribution in [0.4, 0.5) is 5.69 Å². The Balaban J connectivity index is 1.38. The van der Waals surface area contributed by atoms with Crippen LogP contribution in [-0.4, -0.2) is 68.3 Å². The zero-order valence-electron chi connectivity index (χ0n) is 21.9. The van der Waals surface area contributed by atoms with E-state index in [1.807, 2.05) is 23.1 Å². The third kappa shape index (κ3) is 6.04. The molecular weight excluding hydrogens is 502 g/mol. The molecule has 2 aromatic rings. The molecule has 0 radical (unpaired) electrons. The van der Waals surface area contributed by atoms with E-state index >= 15 is 0 Å². The predicted octanol–water partition coefficient (Wildman–Crippen LogP) is 3.99. The summed E-state index contributed by atoms with van der Waals surface area (Å²) >= 11 is 0. The highest BCUT2D eigenvalue weighted by molar-refractivity contribution is 7.89. The summed E-state index contributed by atoms with van der Waals surface area (Å²) in [6.45, 7) is 1.66. The summed E-state index contributed by atoms with van der Waals surface area (Å²) in [6, 6.07) is 14.6. The quantitative estimate of drug-likeness (QED) is 0.589. The average molecular weight is 540 g/mol. The molecule has 38 heavy (non-hydrogen) atoms. The van der Waals surface area contributed by atoms with Crippen molar-refractivity contribution in [3.63, 3.8) is 0 Å². The van der Waals surface area contributed by atoms with Gasteiger partial charge in [0.2, 0.25) is 21.8 Å². The first kappa shape index (κ1) is 26.7. The summed E-state index contributed by atoms with van der Waals surface area (Å²) in [4.78, 5) is 29.6. The fourth-order valence-corrected chi connectivity index (χ4v) is 7.16. The molecule has 0 N–H and O–H groups in total. The first-order valence-corrected chi connectivity index (χ1v) is 15.3. The Bertz CT molecular complexity index is 1250. The summed E-state index contributed by atoms with van der Waals surface area (Å²) < 4.78 is 34.8. The number of ether oxygens (including phenoxy) is 1. The predicted molar refractivity (Wildman–Crippen MR) is 146 cm³/mol. The number of hydrogen-bond donors (Lipinski definition) is 0. The number of carbonyl (C=O) groups excluding carboxylic acids is 2. The Morgan fingerprint density at radius 3 is 2.42 bits per heavy atom. The Morgan fingerprint density at radius 1 is 0.789 bits per heavy atom. The number of carbonyl (C=O) groups is 2. The molecule has 2 bridgehead atoms. The van der Waals surface area contributed by atoms with Crippen molar-refractivity contribution >= 4 is 27.5 Å². The van der Waals surface area contributed by atoms with Gasteiger partial charge < -0.3 is 14.5 Å². The van der Waals surface area contributed by atoms with E-state index in [1.54, 1.807) is 29.2 Å². The molecule has 0 saturated carbocycles. The third-order valence-electron chi connectivity index (χ3n) is 7.85. The van der Waals surface area contributed by atoms with Crippen LogP contribution in [0.25, 0.3) is 0 Å². The van der Waals surface area contributed by atoms with Crippen LogP contribution in [0.1, 0.15) is 56.9 Å². The molecule has 0 spiro atoms. The van der Waals surface area contributed by atoms with Gasteiger partial charge in [-0.1, -0.05) is 12.1 Å². The number of fused-ring (bicyclic) bond motifs is 3. The van der Waals surface area contributed by atoms with Crippen molar-refractivity contribution in [3.8, 4) is 5.75 Å². The lowest BCUT2D eigenvalue weighted by Gasteiger charge is -2.37. The Morgan fingerprint density at radius 2 is 1.61 bits per heavy atom. The standard InChI is InChI=1S/C29H37N3O5S/c33-28-10-2-4-18-31(28)25-13-15-27(16-14-25)38(35,36)30-17-6-20-37-26-9-5-7-23(21-26)11-12-24-8-1-3-19-32(24)29(34)22-30/h5,7,9,13-16,21,24H,1-4,6,8,10-12,17-20,22H2. The highest BCUT2D eigenvalue weighted by atomic mass is 32.2. The minimum Gasteiger partial charge on any atom is -0.494 e. The maximum atomic E-state index is 13.8. The van der Waals surface area contributed by atoms with Gasteiger partial charge in [-0.3, -0.25) is 9.59 Å². The van der Waals surface area contributed by atoms with Crippen LogP contribution in [0.2, 0.25) is 0 Å². The smallest absolute Gasteiger partial charge is 0.243 e. The van der Waals surface area contributed by atoms with Crippen LogP contribution >= 0.6 is 0 Å². The molecule has 2 aromatic carbocycles. The molecule has 8 nitrogen and oxygen atoms in total. The van der Waals surface area contributed by atoms with Gasteiger partial charge in [0.1, 0.15) is 5.75 Å². The Labute approximate surface area is 225 Å². The molecule has 3 heterocycles. The van der Waals surface area contributed by atoms with E-state index in [2.05, 4.69) is 6.07 Å². The number of benzene rings is 2. The largest absolute Gasteiger partial charge is 0.494 e. The molecule has 3 aliphatic heterocycles. The fraction of sp³-hybridized carbons (Fsp3) is 0.517. The van der Waals surface area contributed by atoms with Crippen LogP contribution in [0.15, 0.2) is 53.4 Å². The molecule has 2 saturated heterocycles. The number of anilines is 1. The second-order valence-corrected chi connectivity index (χ2v) is 12.4. The molecule has 1 unspecified atom stereocenters. The van der Waals surface area contributed by atoms with E-state index in [1.165, 1.54) is 9.87 Å². The van der Waals surface area contributed by atoms with Crippen molar-refractivity contribution in [2.45, 2.75) is 68.7 Å².